The molecule has 2 rings (SSSR count). The Hall–Kier alpha value is -0.670. The van der Waals surface area contributed by atoms with E-state index < -0.39 is 0 Å². The van der Waals surface area contributed by atoms with Crippen LogP contribution in [0.3, 0.4) is 0 Å². The second kappa shape index (κ2) is 5.32. The van der Waals surface area contributed by atoms with Crippen LogP contribution in [0.2, 0.25) is 0 Å². The maximum absolute atomic E-state index is 6.00. The van der Waals surface area contributed by atoms with Crippen molar-refractivity contribution in [3.8, 4) is 5.75 Å². The third kappa shape index (κ3) is 3.65. The second-order valence-electron chi connectivity index (χ2n) is 5.38. The van der Waals surface area contributed by atoms with Gasteiger partial charge in [-0.3, -0.25) is 0 Å². The predicted molar refractivity (Wildman–Crippen MR) is 74.9 cm³/mol. The van der Waals surface area contributed by atoms with Gasteiger partial charge in [0.2, 0.25) is 0 Å². The normalized spacial score (nSPS) is 19.6. The Morgan fingerprint density at radius 3 is 2.94 bits per heavy atom. The maximum atomic E-state index is 6.00. The minimum Gasteiger partial charge on any atom is -0.493 e. The first-order valence-electron chi connectivity index (χ1n) is 6.14. The number of thioether (sulfide) groups is 1. The van der Waals surface area contributed by atoms with Crippen LogP contribution in [0.15, 0.2) is 24.3 Å². The van der Waals surface area contributed by atoms with Gasteiger partial charge in [-0.25, -0.2) is 0 Å². The Morgan fingerprint density at radius 2 is 2.18 bits per heavy atom. The first-order valence-corrected chi connectivity index (χ1v) is 7.30. The zero-order valence-corrected chi connectivity index (χ0v) is 11.4. The van der Waals surface area contributed by atoms with E-state index in [0.717, 1.165) is 30.3 Å². The van der Waals surface area contributed by atoms with Gasteiger partial charge in [-0.05, 0) is 37.8 Å². The summed E-state index contributed by atoms with van der Waals surface area (Å²) in [6, 6.07) is 8.39. The van der Waals surface area contributed by atoms with Gasteiger partial charge >= 0.3 is 0 Å². The second-order valence-corrected chi connectivity index (χ2v) is 6.41. The predicted octanol–water partition coefficient (Wildman–Crippen LogP) is 3.02. The highest BCUT2D eigenvalue weighted by molar-refractivity contribution is 7.99. The molecule has 0 saturated carbocycles. The van der Waals surface area contributed by atoms with Gasteiger partial charge in [0.25, 0.3) is 0 Å². The van der Waals surface area contributed by atoms with Crippen LogP contribution in [0, 0.1) is 0 Å². The summed E-state index contributed by atoms with van der Waals surface area (Å²) in [5.41, 5.74) is 7.29. The lowest BCUT2D eigenvalue weighted by molar-refractivity contribution is 0.273. The molecule has 0 radical (unpaired) electrons. The highest BCUT2D eigenvalue weighted by Crippen LogP contribution is 2.35. The first kappa shape index (κ1) is 12.8. The highest BCUT2D eigenvalue weighted by atomic mass is 32.2. The Labute approximate surface area is 108 Å². The van der Waals surface area contributed by atoms with E-state index in [9.17, 15) is 0 Å². The SMILES string of the molecule is CC(C)(N)CSCC1CCOc2ccccc21. The van der Waals surface area contributed by atoms with Crippen LogP contribution in [0.5, 0.6) is 5.75 Å². The van der Waals surface area contributed by atoms with Gasteiger partial charge in [0, 0.05) is 17.0 Å². The third-order valence-electron chi connectivity index (χ3n) is 2.88. The van der Waals surface area contributed by atoms with Crippen molar-refractivity contribution < 1.29 is 4.74 Å². The van der Waals surface area contributed by atoms with Crippen LogP contribution >= 0.6 is 11.8 Å². The minimum absolute atomic E-state index is 0.0741. The van der Waals surface area contributed by atoms with Crippen LogP contribution in [0.1, 0.15) is 31.7 Å². The summed E-state index contributed by atoms with van der Waals surface area (Å²) >= 11 is 1.95. The van der Waals surface area contributed by atoms with Gasteiger partial charge in [0.1, 0.15) is 5.75 Å². The molecule has 0 bridgehead atoms. The van der Waals surface area contributed by atoms with Crippen molar-refractivity contribution in [3.05, 3.63) is 29.8 Å². The fourth-order valence-corrected chi connectivity index (χ4v) is 3.33. The quantitative estimate of drug-likeness (QED) is 0.893. The molecule has 0 aromatic heterocycles. The van der Waals surface area contributed by atoms with Gasteiger partial charge in [0.05, 0.1) is 6.61 Å². The number of para-hydroxylation sites is 1. The smallest absolute Gasteiger partial charge is 0.122 e. The fourth-order valence-electron chi connectivity index (χ4n) is 2.05. The van der Waals surface area contributed by atoms with Crippen molar-refractivity contribution in [1.29, 1.82) is 0 Å². The Morgan fingerprint density at radius 1 is 1.41 bits per heavy atom. The summed E-state index contributed by atoms with van der Waals surface area (Å²) in [5.74, 6) is 3.83. The monoisotopic (exact) mass is 251 g/mol. The Kier molecular flexibility index (Phi) is 4.00. The van der Waals surface area contributed by atoms with Crippen LogP contribution in [0.25, 0.3) is 0 Å². The molecule has 1 aliphatic heterocycles. The molecule has 0 spiro atoms. The van der Waals surface area contributed by atoms with Crippen molar-refractivity contribution in [3.63, 3.8) is 0 Å². The lowest BCUT2D eigenvalue weighted by Crippen LogP contribution is -2.35. The van der Waals surface area contributed by atoms with E-state index in [1.807, 2.05) is 17.8 Å². The summed E-state index contributed by atoms with van der Waals surface area (Å²) in [4.78, 5) is 0. The summed E-state index contributed by atoms with van der Waals surface area (Å²) in [5, 5.41) is 0. The Bertz CT molecular complexity index is 373. The number of fused-ring (bicyclic) bond motifs is 1. The molecule has 0 amide bonds. The van der Waals surface area contributed by atoms with Crippen LogP contribution in [-0.2, 0) is 0 Å². The lowest BCUT2D eigenvalue weighted by Gasteiger charge is -2.26. The first-order chi connectivity index (χ1) is 8.06. The average molecular weight is 251 g/mol. The van der Waals surface area contributed by atoms with Crippen LogP contribution < -0.4 is 10.5 Å². The lowest BCUT2D eigenvalue weighted by atomic mass is 9.95. The van der Waals surface area contributed by atoms with Crippen molar-refractivity contribution >= 4 is 11.8 Å². The topological polar surface area (TPSA) is 35.2 Å². The molecule has 1 aromatic carbocycles. The summed E-state index contributed by atoms with van der Waals surface area (Å²) in [6.45, 7) is 5.00. The van der Waals surface area contributed by atoms with E-state index in [1.54, 1.807) is 0 Å². The molecule has 2 N–H and O–H groups in total. The molecule has 1 atom stereocenters. The van der Waals surface area contributed by atoms with Crippen LogP contribution in [0.4, 0.5) is 0 Å². The maximum Gasteiger partial charge on any atom is 0.122 e. The number of nitrogens with two attached hydrogens (primary N) is 1. The highest BCUT2D eigenvalue weighted by Gasteiger charge is 2.21. The van der Waals surface area contributed by atoms with Crippen molar-refractivity contribution in [1.82, 2.24) is 0 Å². The molecule has 17 heavy (non-hydrogen) atoms. The standard InChI is InChI=1S/C14H21NOS/c1-14(2,15)10-17-9-11-7-8-16-13-6-4-3-5-12(11)13/h3-6,11H,7-10,15H2,1-2H3. The Balaban J connectivity index is 1.95. The molecule has 94 valence electrons. The molecule has 1 unspecified atom stereocenters. The zero-order valence-electron chi connectivity index (χ0n) is 10.6. The molecule has 0 fully saturated rings. The van der Waals surface area contributed by atoms with Gasteiger partial charge in [0.15, 0.2) is 0 Å². The number of hydrogen-bond acceptors (Lipinski definition) is 3. The number of hydrogen-bond donors (Lipinski definition) is 1. The zero-order chi connectivity index (χ0) is 12.3. The number of benzene rings is 1. The molecule has 0 saturated heterocycles. The number of ether oxygens (including phenoxy) is 1. The minimum atomic E-state index is -0.0741. The molecule has 1 aliphatic rings. The van der Waals surface area contributed by atoms with Gasteiger partial charge < -0.3 is 10.5 Å². The van der Waals surface area contributed by atoms with E-state index >= 15 is 0 Å². The van der Waals surface area contributed by atoms with Crippen molar-refractivity contribution in [2.75, 3.05) is 18.1 Å². The summed E-state index contributed by atoms with van der Waals surface area (Å²) in [7, 11) is 0. The van der Waals surface area contributed by atoms with Gasteiger partial charge in [-0.15, -0.1) is 0 Å². The molecule has 1 heterocycles. The molecular weight excluding hydrogens is 230 g/mol. The number of rotatable bonds is 4. The van der Waals surface area contributed by atoms with Crippen molar-refractivity contribution in [2.24, 2.45) is 5.73 Å². The third-order valence-corrected chi connectivity index (χ3v) is 4.46. The van der Waals surface area contributed by atoms with E-state index in [-0.39, 0.29) is 5.54 Å². The molecule has 2 nitrogen and oxygen atoms in total. The molecule has 3 heteroatoms. The van der Waals surface area contributed by atoms with E-state index in [2.05, 4.69) is 32.0 Å². The largest absolute Gasteiger partial charge is 0.493 e. The average Bonchev–Trinajstić information content (AvgIpc) is 2.28. The van der Waals surface area contributed by atoms with Gasteiger partial charge in [-0.2, -0.15) is 11.8 Å². The van der Waals surface area contributed by atoms with Crippen LogP contribution in [-0.4, -0.2) is 23.7 Å². The van der Waals surface area contributed by atoms with Gasteiger partial charge in [-0.1, -0.05) is 18.2 Å². The summed E-state index contributed by atoms with van der Waals surface area (Å²) in [6.07, 6.45) is 1.12. The molecule has 0 aliphatic carbocycles. The molecule has 1 aromatic rings. The van der Waals surface area contributed by atoms with E-state index in [4.69, 9.17) is 10.5 Å². The van der Waals surface area contributed by atoms with E-state index in [1.165, 1.54) is 5.56 Å². The van der Waals surface area contributed by atoms with Crippen molar-refractivity contribution in [2.45, 2.75) is 31.7 Å². The summed E-state index contributed by atoms with van der Waals surface area (Å²) < 4.78 is 5.67. The van der Waals surface area contributed by atoms with E-state index in [0.29, 0.717) is 5.92 Å². The fraction of sp³-hybridized carbons (Fsp3) is 0.571. The molecular formula is C14H21NOS.